The van der Waals surface area contributed by atoms with Gasteiger partial charge in [-0.05, 0) is 37.3 Å². The van der Waals surface area contributed by atoms with E-state index in [1.165, 1.54) is 13.0 Å². The highest BCUT2D eigenvalue weighted by molar-refractivity contribution is 7.86. The molecule has 0 fully saturated rings. The Labute approximate surface area is 189 Å². The Hall–Kier alpha value is -4.06. The third kappa shape index (κ3) is 4.66. The van der Waals surface area contributed by atoms with E-state index in [1.807, 2.05) is 0 Å². The zero-order chi connectivity index (χ0) is 25.6. The highest BCUT2D eigenvalue weighted by Gasteiger charge is 2.24. The average Bonchev–Trinajstić information content (AvgIpc) is 2.99. The molecule has 2 aromatic carbocycles. The average molecular weight is 514 g/mol. The number of hydrogen-bond donors (Lipinski definition) is 6. The van der Waals surface area contributed by atoms with Gasteiger partial charge in [0.2, 0.25) is 0 Å². The van der Waals surface area contributed by atoms with E-state index in [0.29, 0.717) is 12.1 Å². The van der Waals surface area contributed by atoms with Crippen molar-refractivity contribution in [1.29, 1.82) is 0 Å². The molecule has 180 valence electrons. The number of phenolic OH excluding ortho intramolecular Hbond substituents is 1. The largest absolute Gasteiger partial charge is 0.507 e. The van der Waals surface area contributed by atoms with Gasteiger partial charge < -0.3 is 15.3 Å². The molecule has 3 rings (SSSR count). The van der Waals surface area contributed by atoms with Gasteiger partial charge in [-0.25, -0.2) is 9.48 Å². The van der Waals surface area contributed by atoms with Gasteiger partial charge in [0.05, 0.1) is 16.3 Å². The number of nitrogens with one attached hydrogen (secondary N) is 1. The Morgan fingerprint density at radius 3 is 2.21 bits per heavy atom. The predicted molar refractivity (Wildman–Crippen MR) is 112 cm³/mol. The first-order valence-electron chi connectivity index (χ1n) is 8.73. The van der Waals surface area contributed by atoms with E-state index in [9.17, 15) is 45.7 Å². The number of carboxylic acids is 1. The topological polar surface area (TPSA) is 249 Å². The van der Waals surface area contributed by atoms with Gasteiger partial charge in [-0.2, -0.15) is 16.8 Å². The van der Waals surface area contributed by atoms with Crippen molar-refractivity contribution in [3.8, 4) is 17.2 Å². The third-order valence-corrected chi connectivity index (χ3v) is 6.07. The van der Waals surface area contributed by atoms with Gasteiger partial charge in [0.25, 0.3) is 25.8 Å². The minimum absolute atomic E-state index is 0.00497. The van der Waals surface area contributed by atoms with Crippen LogP contribution in [-0.4, -0.2) is 57.0 Å². The molecule has 0 aliphatic heterocycles. The summed E-state index contributed by atoms with van der Waals surface area (Å²) in [5.74, 6) is -3.22. The number of aryl methyl sites for hydroxylation is 1. The van der Waals surface area contributed by atoms with Crippen molar-refractivity contribution >= 4 is 37.6 Å². The molecule has 0 amide bonds. The van der Waals surface area contributed by atoms with E-state index < -0.39 is 70.0 Å². The number of hydrogen-bond acceptors (Lipinski definition) is 10. The second kappa shape index (κ2) is 8.37. The number of aromatic amines is 1. The van der Waals surface area contributed by atoms with E-state index >= 15 is 0 Å². The van der Waals surface area contributed by atoms with Crippen LogP contribution in [0.3, 0.4) is 0 Å². The van der Waals surface area contributed by atoms with Crippen molar-refractivity contribution in [1.82, 2.24) is 9.78 Å². The first-order valence-corrected chi connectivity index (χ1v) is 11.6. The maximum absolute atomic E-state index is 12.7. The number of azo groups is 1. The van der Waals surface area contributed by atoms with Crippen LogP contribution in [0.4, 0.5) is 11.4 Å². The number of benzene rings is 2. The summed E-state index contributed by atoms with van der Waals surface area (Å²) in [5.41, 5.74) is -2.55. The second-order valence-electron chi connectivity index (χ2n) is 6.67. The molecule has 1 aromatic heterocycles. The summed E-state index contributed by atoms with van der Waals surface area (Å²) in [4.78, 5) is 21.6. The third-order valence-electron chi connectivity index (χ3n) is 4.37. The van der Waals surface area contributed by atoms with Gasteiger partial charge in [-0.15, -0.1) is 10.2 Å². The lowest BCUT2D eigenvalue weighted by Crippen LogP contribution is -2.14. The van der Waals surface area contributed by atoms with Crippen LogP contribution in [0.15, 0.2) is 55.1 Å². The summed E-state index contributed by atoms with van der Waals surface area (Å²) in [6.07, 6.45) is 0. The van der Waals surface area contributed by atoms with E-state index in [0.717, 1.165) is 16.8 Å². The standard InChI is InChI=1S/C17H14N4O11S2/c1-7-14(16(24)21(20-7)8-2-3-12(22)10(4-8)17(25)26)19-18-11-5-9(33(27,28)29)6-13(15(11)23)34(30,31)32/h2-6,20,22-23H,1H3,(H,25,26)(H,27,28,29)(H,30,31,32). The molecule has 0 unspecified atom stereocenters. The SMILES string of the molecule is Cc1[nH]n(-c2ccc(O)c(C(=O)O)c2)c(=O)c1N=Nc1cc(S(=O)(=O)O)cc(S(=O)(=O)O)c1O. The molecular formula is C17H14N4O11S2. The molecule has 0 aliphatic carbocycles. The fourth-order valence-electron chi connectivity index (χ4n) is 2.77. The van der Waals surface area contributed by atoms with Gasteiger partial charge in [0.15, 0.2) is 11.4 Å². The quantitative estimate of drug-likeness (QED) is 0.203. The maximum atomic E-state index is 12.7. The number of nitrogens with zero attached hydrogens (tertiary/aromatic N) is 3. The second-order valence-corrected chi connectivity index (χ2v) is 9.48. The van der Waals surface area contributed by atoms with Crippen LogP contribution in [-0.2, 0) is 20.2 Å². The summed E-state index contributed by atoms with van der Waals surface area (Å²) in [5, 5.41) is 38.5. The van der Waals surface area contributed by atoms with Gasteiger partial charge in [-0.3, -0.25) is 19.0 Å². The minimum atomic E-state index is -5.15. The highest BCUT2D eigenvalue weighted by Crippen LogP contribution is 2.37. The van der Waals surface area contributed by atoms with Gasteiger partial charge in [0.1, 0.15) is 21.9 Å². The molecule has 1 heterocycles. The fraction of sp³-hybridized carbons (Fsp3) is 0.0588. The number of rotatable bonds is 6. The number of H-pyrrole nitrogens is 1. The zero-order valence-corrected chi connectivity index (χ0v) is 18.4. The summed E-state index contributed by atoms with van der Waals surface area (Å²) in [7, 11) is -10.2. The molecule has 6 N–H and O–H groups in total. The number of phenols is 2. The smallest absolute Gasteiger partial charge is 0.339 e. The Kier molecular flexibility index (Phi) is 6.05. The maximum Gasteiger partial charge on any atom is 0.339 e. The molecule has 0 spiro atoms. The molecule has 0 saturated heterocycles. The number of aromatic carboxylic acids is 1. The van der Waals surface area contributed by atoms with Crippen LogP contribution < -0.4 is 5.56 Å². The summed E-state index contributed by atoms with van der Waals surface area (Å²) >= 11 is 0. The highest BCUT2D eigenvalue weighted by atomic mass is 32.2. The fourth-order valence-corrected chi connectivity index (χ4v) is 3.99. The van der Waals surface area contributed by atoms with Crippen LogP contribution in [0.1, 0.15) is 16.1 Å². The molecule has 0 bridgehead atoms. The van der Waals surface area contributed by atoms with Crippen molar-refractivity contribution in [2.24, 2.45) is 10.2 Å². The monoisotopic (exact) mass is 514 g/mol. The normalized spacial score (nSPS) is 12.3. The molecule has 0 radical (unpaired) electrons. The zero-order valence-electron chi connectivity index (χ0n) is 16.7. The van der Waals surface area contributed by atoms with Crippen LogP contribution >= 0.6 is 0 Å². The van der Waals surface area contributed by atoms with Crippen LogP contribution in [0.2, 0.25) is 0 Å². The summed E-state index contributed by atoms with van der Waals surface area (Å²) < 4.78 is 65.0. The van der Waals surface area contributed by atoms with Gasteiger partial charge >= 0.3 is 5.97 Å². The Morgan fingerprint density at radius 2 is 1.65 bits per heavy atom. The molecule has 17 heteroatoms. The van der Waals surface area contributed by atoms with E-state index in [2.05, 4.69) is 15.3 Å². The summed E-state index contributed by atoms with van der Waals surface area (Å²) in [6, 6.07) is 4.09. The van der Waals surface area contributed by atoms with Crippen molar-refractivity contribution in [3.05, 3.63) is 51.9 Å². The van der Waals surface area contributed by atoms with Crippen molar-refractivity contribution < 1.29 is 46.1 Å². The number of aromatic nitrogens is 2. The molecule has 15 nitrogen and oxygen atoms in total. The van der Waals surface area contributed by atoms with Crippen molar-refractivity contribution in [2.45, 2.75) is 16.7 Å². The molecule has 0 saturated carbocycles. The lowest BCUT2D eigenvalue weighted by atomic mass is 10.2. The number of aromatic hydroxyl groups is 2. The van der Waals surface area contributed by atoms with Gasteiger partial charge in [-0.1, -0.05) is 0 Å². The Morgan fingerprint density at radius 1 is 1.00 bits per heavy atom. The molecule has 0 aliphatic rings. The van der Waals surface area contributed by atoms with Crippen LogP contribution in [0, 0.1) is 6.92 Å². The first-order chi connectivity index (χ1) is 15.6. The van der Waals surface area contributed by atoms with Crippen molar-refractivity contribution in [3.63, 3.8) is 0 Å². The van der Waals surface area contributed by atoms with Gasteiger partial charge in [0, 0.05) is 0 Å². The van der Waals surface area contributed by atoms with Crippen LogP contribution in [0.5, 0.6) is 11.5 Å². The van der Waals surface area contributed by atoms with Crippen molar-refractivity contribution in [2.75, 3.05) is 0 Å². The molecule has 3 aromatic rings. The van der Waals surface area contributed by atoms with Crippen LogP contribution in [0.25, 0.3) is 5.69 Å². The Bertz CT molecular complexity index is 1630. The molecule has 34 heavy (non-hydrogen) atoms. The lowest BCUT2D eigenvalue weighted by molar-refractivity contribution is 0.0693. The Balaban J connectivity index is 2.16. The molecule has 0 atom stereocenters. The predicted octanol–water partition coefficient (Wildman–Crippen LogP) is 1.49. The lowest BCUT2D eigenvalue weighted by Gasteiger charge is -2.06. The van der Waals surface area contributed by atoms with E-state index in [-0.39, 0.29) is 11.4 Å². The minimum Gasteiger partial charge on any atom is -0.507 e. The first kappa shape index (κ1) is 24.6. The molecular weight excluding hydrogens is 500 g/mol. The summed E-state index contributed by atoms with van der Waals surface area (Å²) in [6.45, 7) is 1.36. The number of carboxylic acid groups (broad SMARTS) is 1. The van der Waals surface area contributed by atoms with E-state index in [4.69, 9.17) is 5.11 Å². The number of carbonyl (C=O) groups is 1. The van der Waals surface area contributed by atoms with E-state index in [1.54, 1.807) is 0 Å².